The van der Waals surface area contributed by atoms with Gasteiger partial charge >= 0.3 is 5.97 Å². The highest BCUT2D eigenvalue weighted by Gasteiger charge is 2.18. The molecule has 0 aromatic carbocycles. The number of carboxylic acid groups (broad SMARTS) is 1. The lowest BCUT2D eigenvalue weighted by atomic mass is 10.1. The molecule has 0 aliphatic rings. The maximum Gasteiger partial charge on any atom is 0.337 e. The van der Waals surface area contributed by atoms with E-state index in [1.54, 1.807) is 0 Å². The van der Waals surface area contributed by atoms with Gasteiger partial charge in [0.1, 0.15) is 0 Å². The van der Waals surface area contributed by atoms with Crippen LogP contribution in [0.25, 0.3) is 0 Å². The van der Waals surface area contributed by atoms with Crippen LogP contribution in [0.2, 0.25) is 0 Å². The second-order valence-corrected chi connectivity index (χ2v) is 5.59. The first-order valence-electron chi connectivity index (χ1n) is 6.55. The van der Waals surface area contributed by atoms with E-state index in [1.807, 2.05) is 0 Å². The maximum absolute atomic E-state index is 11.1. The van der Waals surface area contributed by atoms with Gasteiger partial charge in [0, 0.05) is 19.3 Å². The Kier molecular flexibility index (Phi) is 5.15. The van der Waals surface area contributed by atoms with Crippen molar-refractivity contribution in [3.8, 4) is 0 Å². The minimum Gasteiger partial charge on any atom is -0.478 e. The van der Waals surface area contributed by atoms with Crippen molar-refractivity contribution in [1.29, 1.82) is 0 Å². The van der Waals surface area contributed by atoms with Crippen molar-refractivity contribution in [2.45, 2.75) is 27.7 Å². The van der Waals surface area contributed by atoms with E-state index in [4.69, 9.17) is 10.8 Å². The molecule has 0 atom stereocenters. The van der Waals surface area contributed by atoms with Crippen molar-refractivity contribution in [2.24, 2.45) is 11.8 Å². The van der Waals surface area contributed by atoms with Crippen LogP contribution in [0.5, 0.6) is 0 Å². The number of aromatic carboxylic acids is 1. The maximum atomic E-state index is 11.1. The van der Waals surface area contributed by atoms with E-state index >= 15 is 0 Å². The summed E-state index contributed by atoms with van der Waals surface area (Å²) in [4.78, 5) is 17.4. The van der Waals surface area contributed by atoms with E-state index in [0.717, 1.165) is 13.1 Å². The molecule has 0 amide bonds. The summed E-state index contributed by atoms with van der Waals surface area (Å²) in [5.41, 5.74) is 6.31. The van der Waals surface area contributed by atoms with Gasteiger partial charge in [-0.25, -0.2) is 9.78 Å². The first kappa shape index (κ1) is 15.3. The zero-order valence-corrected chi connectivity index (χ0v) is 12.1. The smallest absolute Gasteiger partial charge is 0.337 e. The monoisotopic (exact) mass is 265 g/mol. The molecule has 0 unspecified atom stereocenters. The van der Waals surface area contributed by atoms with Crippen molar-refractivity contribution >= 4 is 17.5 Å². The van der Waals surface area contributed by atoms with Crippen LogP contribution in [0.15, 0.2) is 12.3 Å². The molecule has 0 aliphatic heterocycles. The van der Waals surface area contributed by atoms with Crippen LogP contribution in [0.1, 0.15) is 38.1 Å². The van der Waals surface area contributed by atoms with Crippen LogP contribution in [0, 0.1) is 11.8 Å². The normalized spacial score (nSPS) is 11.1. The summed E-state index contributed by atoms with van der Waals surface area (Å²) < 4.78 is 0. The van der Waals surface area contributed by atoms with Gasteiger partial charge in [-0.15, -0.1) is 0 Å². The fraction of sp³-hybridized carbons (Fsp3) is 0.571. The van der Waals surface area contributed by atoms with E-state index in [-0.39, 0.29) is 11.3 Å². The standard InChI is InChI=1S/C14H23N3O2/c1-9(2)7-17(8-10(3)4)13-12(15)11(14(18)19)5-6-16-13/h5-6,9-10H,7-8,15H2,1-4H3,(H,18,19). The zero-order chi connectivity index (χ0) is 14.6. The molecule has 5 heteroatoms. The first-order chi connectivity index (χ1) is 8.82. The summed E-state index contributed by atoms with van der Waals surface area (Å²) in [6, 6.07) is 1.43. The molecule has 0 spiro atoms. The SMILES string of the molecule is CC(C)CN(CC(C)C)c1nccc(C(=O)O)c1N. The fourth-order valence-electron chi connectivity index (χ4n) is 2.03. The number of anilines is 2. The highest BCUT2D eigenvalue weighted by atomic mass is 16.4. The van der Waals surface area contributed by atoms with Crippen LogP contribution < -0.4 is 10.6 Å². The van der Waals surface area contributed by atoms with Crippen LogP contribution >= 0.6 is 0 Å². The van der Waals surface area contributed by atoms with Crippen LogP contribution in [0.3, 0.4) is 0 Å². The summed E-state index contributed by atoms with van der Waals surface area (Å²) >= 11 is 0. The molecule has 19 heavy (non-hydrogen) atoms. The molecular weight excluding hydrogens is 242 g/mol. The molecule has 5 nitrogen and oxygen atoms in total. The molecular formula is C14H23N3O2. The average Bonchev–Trinajstić information content (AvgIpc) is 2.26. The molecule has 0 bridgehead atoms. The van der Waals surface area contributed by atoms with Crippen molar-refractivity contribution in [1.82, 2.24) is 4.98 Å². The second kappa shape index (κ2) is 6.41. The van der Waals surface area contributed by atoms with Gasteiger partial charge in [0.15, 0.2) is 5.82 Å². The number of aromatic nitrogens is 1. The summed E-state index contributed by atoms with van der Waals surface area (Å²) in [5.74, 6) is 0.458. The number of carbonyl (C=O) groups is 1. The predicted octanol–water partition coefficient (Wildman–Crippen LogP) is 2.48. The number of nitrogens with two attached hydrogens (primary N) is 1. The van der Waals surface area contributed by atoms with E-state index in [0.29, 0.717) is 17.7 Å². The molecule has 106 valence electrons. The number of carboxylic acids is 1. The number of nitrogen functional groups attached to an aromatic ring is 1. The van der Waals surface area contributed by atoms with Crippen molar-refractivity contribution in [3.63, 3.8) is 0 Å². The van der Waals surface area contributed by atoms with Crippen LogP contribution in [-0.4, -0.2) is 29.1 Å². The summed E-state index contributed by atoms with van der Waals surface area (Å²) in [7, 11) is 0. The van der Waals surface area contributed by atoms with Crippen molar-refractivity contribution in [3.05, 3.63) is 17.8 Å². The molecule has 1 aromatic rings. The molecule has 0 saturated heterocycles. The molecule has 0 saturated carbocycles. The summed E-state index contributed by atoms with van der Waals surface area (Å²) in [6.07, 6.45) is 1.50. The Morgan fingerprint density at radius 1 is 1.32 bits per heavy atom. The lowest BCUT2D eigenvalue weighted by molar-refractivity contribution is 0.0698. The number of nitrogens with zero attached hydrogens (tertiary/aromatic N) is 2. The van der Waals surface area contributed by atoms with Gasteiger partial charge in [0.05, 0.1) is 11.3 Å². The Balaban J connectivity index is 3.14. The quantitative estimate of drug-likeness (QED) is 0.826. The number of rotatable bonds is 6. The Morgan fingerprint density at radius 3 is 2.26 bits per heavy atom. The lowest BCUT2D eigenvalue weighted by Crippen LogP contribution is -2.33. The van der Waals surface area contributed by atoms with Gasteiger partial charge in [0.2, 0.25) is 0 Å². The topological polar surface area (TPSA) is 79.5 Å². The highest BCUT2D eigenvalue weighted by molar-refractivity contribution is 5.96. The Bertz CT molecular complexity index is 434. The largest absolute Gasteiger partial charge is 0.478 e. The lowest BCUT2D eigenvalue weighted by Gasteiger charge is -2.28. The van der Waals surface area contributed by atoms with Gasteiger partial charge < -0.3 is 15.7 Å². The van der Waals surface area contributed by atoms with Gasteiger partial charge in [0.25, 0.3) is 0 Å². The third kappa shape index (κ3) is 4.12. The molecule has 1 aromatic heterocycles. The minimum absolute atomic E-state index is 0.113. The highest BCUT2D eigenvalue weighted by Crippen LogP contribution is 2.25. The Hall–Kier alpha value is -1.78. The Labute approximate surface area is 114 Å². The third-order valence-electron chi connectivity index (χ3n) is 2.67. The molecule has 3 N–H and O–H groups in total. The van der Waals surface area contributed by atoms with E-state index in [1.165, 1.54) is 12.3 Å². The van der Waals surface area contributed by atoms with Crippen LogP contribution in [-0.2, 0) is 0 Å². The van der Waals surface area contributed by atoms with E-state index in [9.17, 15) is 4.79 Å². The van der Waals surface area contributed by atoms with E-state index < -0.39 is 5.97 Å². The molecule has 1 heterocycles. The first-order valence-corrected chi connectivity index (χ1v) is 6.55. The molecule has 1 rings (SSSR count). The second-order valence-electron chi connectivity index (χ2n) is 5.59. The minimum atomic E-state index is -1.02. The summed E-state index contributed by atoms with van der Waals surface area (Å²) in [6.45, 7) is 10.1. The third-order valence-corrected chi connectivity index (χ3v) is 2.67. The van der Waals surface area contributed by atoms with Gasteiger partial charge in [-0.1, -0.05) is 27.7 Å². The molecule has 0 aliphatic carbocycles. The van der Waals surface area contributed by atoms with Gasteiger partial charge in [-0.3, -0.25) is 0 Å². The average molecular weight is 265 g/mol. The predicted molar refractivity (Wildman–Crippen MR) is 77.5 cm³/mol. The number of pyridine rings is 1. The number of hydrogen-bond donors (Lipinski definition) is 2. The van der Waals surface area contributed by atoms with Crippen molar-refractivity contribution < 1.29 is 9.90 Å². The van der Waals surface area contributed by atoms with Crippen LogP contribution in [0.4, 0.5) is 11.5 Å². The Morgan fingerprint density at radius 2 is 1.84 bits per heavy atom. The molecule has 0 radical (unpaired) electrons. The van der Waals surface area contributed by atoms with Gasteiger partial charge in [-0.05, 0) is 17.9 Å². The molecule has 0 fully saturated rings. The van der Waals surface area contributed by atoms with Gasteiger partial charge in [-0.2, -0.15) is 0 Å². The number of hydrogen-bond acceptors (Lipinski definition) is 4. The zero-order valence-electron chi connectivity index (χ0n) is 12.1. The fourth-order valence-corrected chi connectivity index (χ4v) is 2.03. The summed E-state index contributed by atoms with van der Waals surface area (Å²) in [5, 5.41) is 9.11. The van der Waals surface area contributed by atoms with E-state index in [2.05, 4.69) is 37.6 Å². The van der Waals surface area contributed by atoms with Crippen molar-refractivity contribution in [2.75, 3.05) is 23.7 Å².